The number of piperazine rings is 1. The number of ether oxygens (including phenoxy) is 2. The molecule has 2 aromatic heterocycles. The summed E-state index contributed by atoms with van der Waals surface area (Å²) in [6.45, 7) is 5.27. The molecule has 15 heteroatoms. The molecule has 280 valence electrons. The molecule has 0 unspecified atom stereocenters. The first-order valence-corrected chi connectivity index (χ1v) is 19.1. The normalized spacial score (nSPS) is 24.5. The number of carbonyl (C=O) groups is 1. The van der Waals surface area contributed by atoms with Crippen LogP contribution in [0.5, 0.6) is 6.01 Å². The van der Waals surface area contributed by atoms with Gasteiger partial charge in [-0.1, -0.05) is 41.0 Å². The molecule has 0 saturated carbocycles. The average molecular weight is 754 g/mol. The molecule has 0 N–H and O–H groups in total. The van der Waals surface area contributed by atoms with Crippen molar-refractivity contribution < 1.29 is 23.2 Å². The third-order valence-electron chi connectivity index (χ3n) is 11.6. The monoisotopic (exact) mass is 753 g/mol. The molecule has 5 aliphatic heterocycles. The Kier molecular flexibility index (Phi) is 9.32. The van der Waals surface area contributed by atoms with E-state index in [1.165, 1.54) is 12.2 Å². The van der Waals surface area contributed by atoms with Crippen molar-refractivity contribution in [2.45, 2.75) is 62.3 Å². The van der Waals surface area contributed by atoms with E-state index in [2.05, 4.69) is 49.1 Å². The molecule has 0 spiro atoms. The lowest BCUT2D eigenvalue weighted by atomic mass is 9.95. The van der Waals surface area contributed by atoms with Crippen LogP contribution in [0.15, 0.2) is 47.0 Å². The Balaban J connectivity index is 0.991. The number of alkyl halides is 1. The third kappa shape index (κ3) is 6.52. The van der Waals surface area contributed by atoms with Gasteiger partial charge >= 0.3 is 6.01 Å². The molecule has 13 nitrogen and oxygen atoms in total. The summed E-state index contributed by atoms with van der Waals surface area (Å²) in [5.74, 6) is 1.45. The van der Waals surface area contributed by atoms with E-state index in [1.54, 1.807) is 4.90 Å². The topological polar surface area (TPSA) is 137 Å². The molecule has 0 radical (unpaired) electrons. The van der Waals surface area contributed by atoms with Crippen LogP contribution in [0, 0.1) is 11.3 Å². The van der Waals surface area contributed by atoms with Gasteiger partial charge in [0.1, 0.15) is 18.6 Å². The zero-order valence-electron chi connectivity index (χ0n) is 29.9. The standard InChI is InChI=1S/C39H41ClFN9O4/c40-30-6-1-4-25-5-2-7-32(35(25)30)47-15-11-29-31(21-47)43-38(53-24-39-12-3-14-49(39)19-27(41)18-39)45-37(29)48-16-17-50(28(20-48)10-13-42)34(51)9-8-33-44-36(46-54-33)26-22-52-23-26/h1-2,4-9,26-28H,3,10-12,14-24H2/b9-8+/t27-,28+,39+/m1/s1. The number of rotatable bonds is 9. The van der Waals surface area contributed by atoms with Crippen molar-refractivity contribution in [3.63, 3.8) is 0 Å². The van der Waals surface area contributed by atoms with Crippen molar-refractivity contribution in [1.29, 1.82) is 5.26 Å². The highest BCUT2D eigenvalue weighted by molar-refractivity contribution is 6.36. The van der Waals surface area contributed by atoms with Crippen LogP contribution in [-0.4, -0.2) is 113 Å². The van der Waals surface area contributed by atoms with Gasteiger partial charge in [0.25, 0.3) is 5.89 Å². The van der Waals surface area contributed by atoms with E-state index in [-0.39, 0.29) is 41.7 Å². The fourth-order valence-electron chi connectivity index (χ4n) is 8.83. The summed E-state index contributed by atoms with van der Waals surface area (Å²) in [7, 11) is 0. The van der Waals surface area contributed by atoms with Crippen LogP contribution < -0.4 is 14.5 Å². The summed E-state index contributed by atoms with van der Waals surface area (Å²) in [4.78, 5) is 36.3. The van der Waals surface area contributed by atoms with E-state index >= 15 is 0 Å². The number of hydrogen-bond acceptors (Lipinski definition) is 12. The van der Waals surface area contributed by atoms with Crippen LogP contribution in [0.3, 0.4) is 0 Å². The molecule has 0 bridgehead atoms. The summed E-state index contributed by atoms with van der Waals surface area (Å²) in [5, 5.41) is 16.6. The van der Waals surface area contributed by atoms with Crippen LogP contribution in [0.2, 0.25) is 5.02 Å². The van der Waals surface area contributed by atoms with E-state index in [1.807, 2.05) is 18.2 Å². The van der Waals surface area contributed by atoms with Gasteiger partial charge in [-0.2, -0.15) is 20.2 Å². The number of amides is 1. The van der Waals surface area contributed by atoms with Gasteiger partial charge in [0.05, 0.1) is 60.5 Å². The summed E-state index contributed by atoms with van der Waals surface area (Å²) in [6, 6.07) is 14.3. The van der Waals surface area contributed by atoms with Gasteiger partial charge in [-0.05, 0) is 43.3 Å². The molecule has 7 heterocycles. The second kappa shape index (κ2) is 14.4. The van der Waals surface area contributed by atoms with E-state index in [4.69, 9.17) is 35.6 Å². The number of nitriles is 1. The minimum atomic E-state index is -0.868. The largest absolute Gasteiger partial charge is 0.461 e. The van der Waals surface area contributed by atoms with Gasteiger partial charge in [-0.25, -0.2) is 4.39 Å². The summed E-state index contributed by atoms with van der Waals surface area (Å²) in [5.41, 5.74) is 2.56. The average Bonchev–Trinajstić information content (AvgIpc) is 3.86. The van der Waals surface area contributed by atoms with E-state index < -0.39 is 6.17 Å². The minimum absolute atomic E-state index is 0.111. The molecule has 9 rings (SSSR count). The maximum absolute atomic E-state index is 14.6. The van der Waals surface area contributed by atoms with Gasteiger partial charge in [-0.3, -0.25) is 9.69 Å². The van der Waals surface area contributed by atoms with Gasteiger partial charge in [0.2, 0.25) is 5.91 Å². The Labute approximate surface area is 317 Å². The van der Waals surface area contributed by atoms with Gasteiger partial charge in [0, 0.05) is 67.9 Å². The van der Waals surface area contributed by atoms with Crippen LogP contribution in [0.25, 0.3) is 16.8 Å². The maximum Gasteiger partial charge on any atom is 0.318 e. The van der Waals surface area contributed by atoms with Gasteiger partial charge < -0.3 is 28.7 Å². The number of benzene rings is 2. The van der Waals surface area contributed by atoms with Crippen LogP contribution in [-0.2, 0) is 22.5 Å². The summed E-state index contributed by atoms with van der Waals surface area (Å²) >= 11 is 6.76. The van der Waals surface area contributed by atoms with E-state index in [0.29, 0.717) is 76.2 Å². The molecule has 0 aliphatic carbocycles. The van der Waals surface area contributed by atoms with Crippen molar-refractivity contribution in [1.82, 2.24) is 29.9 Å². The molecule has 4 fully saturated rings. The third-order valence-corrected chi connectivity index (χ3v) is 12.0. The molecular formula is C39H41ClFN9O4. The number of nitrogens with zero attached hydrogens (tertiary/aromatic N) is 9. The summed E-state index contributed by atoms with van der Waals surface area (Å²) in [6.07, 6.45) is 5.25. The molecule has 3 atom stereocenters. The Morgan fingerprint density at radius 3 is 2.80 bits per heavy atom. The number of fused-ring (bicyclic) bond motifs is 3. The second-order valence-corrected chi connectivity index (χ2v) is 15.4. The molecule has 54 heavy (non-hydrogen) atoms. The quantitative estimate of drug-likeness (QED) is 0.214. The lowest BCUT2D eigenvalue weighted by Gasteiger charge is -2.42. The van der Waals surface area contributed by atoms with Crippen LogP contribution in [0.4, 0.5) is 15.9 Å². The molecule has 4 aromatic rings. The zero-order valence-corrected chi connectivity index (χ0v) is 30.6. The highest BCUT2D eigenvalue weighted by atomic mass is 35.5. The number of carbonyl (C=O) groups excluding carboxylic acids is 1. The molecule has 5 aliphatic rings. The van der Waals surface area contributed by atoms with Crippen LogP contribution >= 0.6 is 11.6 Å². The van der Waals surface area contributed by atoms with Crippen molar-refractivity contribution in [3.05, 3.63) is 70.5 Å². The lowest BCUT2D eigenvalue weighted by Crippen LogP contribution is -2.55. The summed E-state index contributed by atoms with van der Waals surface area (Å²) < 4.78 is 31.6. The number of anilines is 2. The Morgan fingerprint density at radius 2 is 1.96 bits per heavy atom. The number of aromatic nitrogens is 4. The first kappa shape index (κ1) is 34.9. The Hall–Kier alpha value is -4.84. The highest BCUT2D eigenvalue weighted by Gasteiger charge is 2.49. The minimum Gasteiger partial charge on any atom is -0.461 e. The Bertz CT molecular complexity index is 2130. The second-order valence-electron chi connectivity index (χ2n) is 15.0. The predicted octanol–water partition coefficient (Wildman–Crippen LogP) is 4.94. The maximum atomic E-state index is 14.6. The van der Waals surface area contributed by atoms with Crippen molar-refractivity contribution in [2.75, 3.05) is 68.9 Å². The molecule has 1 amide bonds. The lowest BCUT2D eigenvalue weighted by molar-refractivity contribution is -0.128. The Morgan fingerprint density at radius 1 is 1.09 bits per heavy atom. The molecule has 4 saturated heterocycles. The molecular weight excluding hydrogens is 713 g/mol. The fraction of sp³-hybridized carbons (Fsp3) is 0.487. The number of hydrogen-bond donors (Lipinski definition) is 0. The van der Waals surface area contributed by atoms with Gasteiger partial charge in [-0.15, -0.1) is 0 Å². The first-order chi connectivity index (χ1) is 26.4. The zero-order chi connectivity index (χ0) is 36.8. The number of halogens is 2. The smallest absolute Gasteiger partial charge is 0.318 e. The first-order valence-electron chi connectivity index (χ1n) is 18.7. The molecule has 2 aromatic carbocycles. The van der Waals surface area contributed by atoms with E-state index in [0.717, 1.165) is 59.5 Å². The van der Waals surface area contributed by atoms with Gasteiger partial charge in [0.15, 0.2) is 5.82 Å². The van der Waals surface area contributed by atoms with E-state index in [9.17, 15) is 14.4 Å². The van der Waals surface area contributed by atoms with Crippen molar-refractivity contribution in [3.8, 4) is 12.1 Å². The van der Waals surface area contributed by atoms with Crippen molar-refractivity contribution in [2.24, 2.45) is 0 Å². The predicted molar refractivity (Wildman–Crippen MR) is 199 cm³/mol. The SMILES string of the molecule is N#CC[C@H]1CN(c2nc(OC[C@@]34CCCN3C[C@H](F)C4)nc3c2CCN(c2cccc4cccc(Cl)c24)C3)CCN1C(=O)/C=C/c1nc(C2COC2)no1. The van der Waals surface area contributed by atoms with Crippen LogP contribution in [0.1, 0.15) is 54.6 Å². The fourth-order valence-corrected chi connectivity index (χ4v) is 9.11. The van der Waals surface area contributed by atoms with Crippen molar-refractivity contribution >= 4 is 45.9 Å². The highest BCUT2D eigenvalue weighted by Crippen LogP contribution is 2.41.